The molecule has 0 amide bonds. The zero-order chi connectivity index (χ0) is 10.1. The lowest BCUT2D eigenvalue weighted by atomic mass is 9.71. The molecule has 1 aromatic rings. The Balaban J connectivity index is 1.87. The van der Waals surface area contributed by atoms with Crippen LogP contribution in [0.4, 0.5) is 0 Å². The monoisotopic (exact) mass is 193 g/mol. The van der Waals surface area contributed by atoms with E-state index in [1.54, 1.807) is 6.26 Å². The fraction of sp³-hybridized carbons (Fsp3) is 0.667. The Hall–Kier alpha value is -0.760. The first-order valence-corrected chi connectivity index (χ1v) is 5.48. The number of rotatable bonds is 3. The van der Waals surface area contributed by atoms with E-state index in [-0.39, 0.29) is 0 Å². The SMILES string of the molecule is CC(NC1CC(C)C1C)c1ccco1. The molecular weight excluding hydrogens is 174 g/mol. The van der Waals surface area contributed by atoms with E-state index < -0.39 is 0 Å². The highest BCUT2D eigenvalue weighted by Crippen LogP contribution is 2.35. The molecule has 0 saturated heterocycles. The van der Waals surface area contributed by atoms with Crippen molar-refractivity contribution in [3.8, 4) is 0 Å². The Labute approximate surface area is 85.7 Å². The molecule has 0 spiro atoms. The molecule has 1 aliphatic rings. The van der Waals surface area contributed by atoms with E-state index in [1.165, 1.54) is 6.42 Å². The quantitative estimate of drug-likeness (QED) is 0.798. The second-order valence-electron chi connectivity index (χ2n) is 4.58. The Morgan fingerprint density at radius 1 is 1.50 bits per heavy atom. The Kier molecular flexibility index (Phi) is 2.64. The molecule has 2 nitrogen and oxygen atoms in total. The summed E-state index contributed by atoms with van der Waals surface area (Å²) in [6, 6.07) is 4.99. The number of hydrogen-bond acceptors (Lipinski definition) is 2. The van der Waals surface area contributed by atoms with Crippen LogP contribution >= 0.6 is 0 Å². The highest BCUT2D eigenvalue weighted by Gasteiger charge is 2.35. The standard InChI is InChI=1S/C12H19NO/c1-8-7-11(9(8)2)13-10(3)12-5-4-6-14-12/h4-6,8-11,13H,7H2,1-3H3. The molecule has 0 bridgehead atoms. The van der Waals surface area contributed by atoms with Gasteiger partial charge in [-0.15, -0.1) is 0 Å². The summed E-state index contributed by atoms with van der Waals surface area (Å²) < 4.78 is 5.36. The van der Waals surface area contributed by atoms with Gasteiger partial charge in [-0.3, -0.25) is 0 Å². The van der Waals surface area contributed by atoms with Gasteiger partial charge in [0, 0.05) is 6.04 Å². The second-order valence-corrected chi connectivity index (χ2v) is 4.58. The number of hydrogen-bond donors (Lipinski definition) is 1. The average molecular weight is 193 g/mol. The van der Waals surface area contributed by atoms with Crippen molar-refractivity contribution < 1.29 is 4.42 Å². The number of nitrogens with one attached hydrogen (secondary N) is 1. The maximum Gasteiger partial charge on any atom is 0.120 e. The summed E-state index contributed by atoms with van der Waals surface area (Å²) in [5.41, 5.74) is 0. The molecule has 4 unspecified atom stereocenters. The third kappa shape index (κ3) is 1.71. The summed E-state index contributed by atoms with van der Waals surface area (Å²) in [4.78, 5) is 0. The Morgan fingerprint density at radius 3 is 2.79 bits per heavy atom. The maximum atomic E-state index is 5.36. The lowest BCUT2D eigenvalue weighted by Gasteiger charge is -2.42. The predicted molar refractivity (Wildman–Crippen MR) is 57.0 cm³/mol. The first kappa shape index (κ1) is 9.78. The first-order chi connectivity index (χ1) is 6.68. The molecule has 2 rings (SSSR count). The molecule has 0 aromatic carbocycles. The van der Waals surface area contributed by atoms with Crippen LogP contribution < -0.4 is 5.32 Å². The van der Waals surface area contributed by atoms with E-state index in [0.29, 0.717) is 12.1 Å². The van der Waals surface area contributed by atoms with Crippen LogP contribution in [0.2, 0.25) is 0 Å². The van der Waals surface area contributed by atoms with Crippen molar-refractivity contribution in [2.45, 2.75) is 39.3 Å². The van der Waals surface area contributed by atoms with Crippen molar-refractivity contribution in [2.75, 3.05) is 0 Å². The highest BCUT2D eigenvalue weighted by atomic mass is 16.3. The summed E-state index contributed by atoms with van der Waals surface area (Å²) in [6.07, 6.45) is 3.03. The summed E-state index contributed by atoms with van der Waals surface area (Å²) >= 11 is 0. The van der Waals surface area contributed by atoms with Crippen LogP contribution in [0.25, 0.3) is 0 Å². The molecule has 4 atom stereocenters. The van der Waals surface area contributed by atoms with Crippen LogP contribution in [0, 0.1) is 11.8 Å². The van der Waals surface area contributed by atoms with Gasteiger partial charge in [0.25, 0.3) is 0 Å². The van der Waals surface area contributed by atoms with Gasteiger partial charge in [-0.1, -0.05) is 13.8 Å². The van der Waals surface area contributed by atoms with E-state index in [0.717, 1.165) is 17.6 Å². The van der Waals surface area contributed by atoms with Crippen molar-refractivity contribution in [3.63, 3.8) is 0 Å². The summed E-state index contributed by atoms with van der Waals surface area (Å²) in [5.74, 6) is 2.71. The van der Waals surface area contributed by atoms with Crippen LogP contribution in [0.1, 0.15) is 39.0 Å². The van der Waals surface area contributed by atoms with Gasteiger partial charge in [0.2, 0.25) is 0 Å². The van der Waals surface area contributed by atoms with Gasteiger partial charge < -0.3 is 9.73 Å². The topological polar surface area (TPSA) is 25.2 Å². The minimum atomic E-state index is 0.338. The van der Waals surface area contributed by atoms with Gasteiger partial charge >= 0.3 is 0 Å². The molecule has 14 heavy (non-hydrogen) atoms. The Bertz CT molecular complexity index is 281. The van der Waals surface area contributed by atoms with Gasteiger partial charge in [-0.25, -0.2) is 0 Å². The van der Waals surface area contributed by atoms with Crippen molar-refractivity contribution in [2.24, 2.45) is 11.8 Å². The molecule has 1 fully saturated rings. The summed E-state index contributed by atoms with van der Waals surface area (Å²) in [5, 5.41) is 3.61. The first-order valence-electron chi connectivity index (χ1n) is 5.48. The van der Waals surface area contributed by atoms with Gasteiger partial charge in [0.15, 0.2) is 0 Å². The lowest BCUT2D eigenvalue weighted by Crippen LogP contribution is -2.48. The highest BCUT2D eigenvalue weighted by molar-refractivity contribution is 5.04. The van der Waals surface area contributed by atoms with Crippen molar-refractivity contribution in [1.29, 1.82) is 0 Å². The zero-order valence-corrected chi connectivity index (χ0v) is 9.16. The molecule has 0 aliphatic heterocycles. The van der Waals surface area contributed by atoms with Crippen LogP contribution in [0.5, 0.6) is 0 Å². The minimum absolute atomic E-state index is 0.338. The Morgan fingerprint density at radius 2 is 2.29 bits per heavy atom. The lowest BCUT2D eigenvalue weighted by molar-refractivity contribution is 0.124. The fourth-order valence-corrected chi connectivity index (χ4v) is 2.19. The van der Waals surface area contributed by atoms with Crippen molar-refractivity contribution in [3.05, 3.63) is 24.2 Å². The third-order valence-corrected chi connectivity index (χ3v) is 3.59. The zero-order valence-electron chi connectivity index (χ0n) is 9.16. The fourth-order valence-electron chi connectivity index (χ4n) is 2.19. The van der Waals surface area contributed by atoms with Gasteiger partial charge in [-0.05, 0) is 37.3 Å². The van der Waals surface area contributed by atoms with Crippen LogP contribution in [-0.4, -0.2) is 6.04 Å². The summed E-state index contributed by atoms with van der Waals surface area (Å²) in [6.45, 7) is 6.80. The van der Waals surface area contributed by atoms with E-state index >= 15 is 0 Å². The molecule has 2 heteroatoms. The largest absolute Gasteiger partial charge is 0.468 e. The maximum absolute atomic E-state index is 5.36. The summed E-state index contributed by atoms with van der Waals surface area (Å²) in [7, 11) is 0. The molecule has 78 valence electrons. The molecule has 1 aromatic heterocycles. The van der Waals surface area contributed by atoms with Crippen LogP contribution in [-0.2, 0) is 0 Å². The van der Waals surface area contributed by atoms with Gasteiger partial charge in [0.05, 0.1) is 12.3 Å². The van der Waals surface area contributed by atoms with E-state index in [4.69, 9.17) is 4.42 Å². The molecule has 0 radical (unpaired) electrons. The molecule has 1 heterocycles. The third-order valence-electron chi connectivity index (χ3n) is 3.59. The van der Waals surface area contributed by atoms with Crippen LogP contribution in [0.15, 0.2) is 22.8 Å². The normalized spacial score (nSPS) is 33.8. The van der Waals surface area contributed by atoms with E-state index in [9.17, 15) is 0 Å². The number of furan rings is 1. The average Bonchev–Trinajstić information content (AvgIpc) is 2.69. The molecule has 1 N–H and O–H groups in total. The van der Waals surface area contributed by atoms with E-state index in [2.05, 4.69) is 26.1 Å². The molecular formula is C12H19NO. The van der Waals surface area contributed by atoms with Gasteiger partial charge in [-0.2, -0.15) is 0 Å². The van der Waals surface area contributed by atoms with Crippen molar-refractivity contribution in [1.82, 2.24) is 5.32 Å². The van der Waals surface area contributed by atoms with E-state index in [1.807, 2.05) is 12.1 Å². The predicted octanol–water partition coefficient (Wildman–Crippen LogP) is 2.97. The minimum Gasteiger partial charge on any atom is -0.468 e. The van der Waals surface area contributed by atoms with Crippen molar-refractivity contribution >= 4 is 0 Å². The molecule has 1 aliphatic carbocycles. The van der Waals surface area contributed by atoms with Crippen LogP contribution in [0.3, 0.4) is 0 Å². The molecule has 1 saturated carbocycles. The smallest absolute Gasteiger partial charge is 0.120 e. The van der Waals surface area contributed by atoms with Gasteiger partial charge in [0.1, 0.15) is 5.76 Å². The second kappa shape index (κ2) is 3.77.